The number of aliphatic imine (C=N–C) groups is 1. The molecule has 0 spiro atoms. The number of nitrogens with zero attached hydrogens (tertiary/aromatic N) is 6. The fraction of sp³-hybridized carbons (Fsp3) is 0.419. The number of ether oxygens (including phenoxy) is 2. The molecule has 1 N–H and O–H groups in total. The van der Waals surface area contributed by atoms with Crippen LogP contribution in [-0.4, -0.2) is 72.6 Å². The lowest BCUT2D eigenvalue weighted by molar-refractivity contribution is -0.143. The van der Waals surface area contributed by atoms with Crippen molar-refractivity contribution >= 4 is 29.3 Å². The number of carboxylic acids is 1. The highest BCUT2D eigenvalue weighted by molar-refractivity contribution is 5.95. The number of halogens is 9. The van der Waals surface area contributed by atoms with Crippen LogP contribution < -0.4 is 14.7 Å². The minimum atomic E-state index is -5.15. The van der Waals surface area contributed by atoms with Crippen molar-refractivity contribution < 1.29 is 58.9 Å². The van der Waals surface area contributed by atoms with Crippen molar-refractivity contribution in [3.8, 4) is 0 Å². The topological polar surface area (TPSA) is 104 Å². The molecule has 10 nitrogen and oxygen atoms in total. The number of rotatable bonds is 9. The van der Waals surface area contributed by atoms with Crippen LogP contribution in [-0.2, 0) is 45.9 Å². The van der Waals surface area contributed by atoms with Crippen LogP contribution in [0.2, 0.25) is 0 Å². The van der Waals surface area contributed by atoms with Gasteiger partial charge in [0.15, 0.2) is 6.04 Å². The minimum Gasteiger partial charge on any atom is -0.480 e. The van der Waals surface area contributed by atoms with Gasteiger partial charge in [-0.3, -0.25) is 4.90 Å². The number of alkyl halides is 9. The Labute approximate surface area is 278 Å². The van der Waals surface area contributed by atoms with Crippen LogP contribution in [0.1, 0.15) is 34.7 Å². The van der Waals surface area contributed by atoms with Gasteiger partial charge in [0.1, 0.15) is 6.61 Å². The summed E-state index contributed by atoms with van der Waals surface area (Å²) in [6.45, 7) is 1.84. The van der Waals surface area contributed by atoms with Gasteiger partial charge in [0.2, 0.25) is 5.95 Å². The Bertz CT molecular complexity index is 1680. The number of morpholine rings is 1. The predicted octanol–water partition coefficient (Wildman–Crippen LogP) is 6.24. The summed E-state index contributed by atoms with van der Waals surface area (Å²) >= 11 is 0. The Morgan fingerprint density at radius 2 is 1.48 bits per heavy atom. The monoisotopic (exact) mass is 720 g/mol. The average Bonchev–Trinajstić information content (AvgIpc) is 3.55. The van der Waals surface area contributed by atoms with Gasteiger partial charge in [-0.2, -0.15) is 39.5 Å². The lowest BCUT2D eigenvalue weighted by Crippen LogP contribution is -2.36. The maximum atomic E-state index is 14.0. The molecule has 50 heavy (non-hydrogen) atoms. The summed E-state index contributed by atoms with van der Waals surface area (Å²) in [6, 6.07) is 2.15. The molecule has 1 saturated heterocycles. The highest BCUT2D eigenvalue weighted by Gasteiger charge is 2.38. The van der Waals surface area contributed by atoms with Crippen molar-refractivity contribution in [1.29, 1.82) is 0 Å². The SMILES string of the molecule is CCN(C1=NC(C(=O)O)CO1)c1ccc(C(F)(F)F)cc1CN(Cc1cc(C(F)(F)F)cc(C(F)(F)F)c1)c1ncc(N2CCOCC2)cn1. The second kappa shape index (κ2) is 14.2. The number of hydrogen-bond donors (Lipinski definition) is 1. The van der Waals surface area contributed by atoms with E-state index in [9.17, 15) is 49.4 Å². The fourth-order valence-electron chi connectivity index (χ4n) is 5.39. The molecule has 1 atom stereocenters. The first-order valence-corrected chi connectivity index (χ1v) is 15.0. The second-order valence-electron chi connectivity index (χ2n) is 11.3. The van der Waals surface area contributed by atoms with Gasteiger partial charge in [0.05, 0.1) is 53.7 Å². The molecule has 5 rings (SSSR count). The molecule has 1 aromatic heterocycles. The van der Waals surface area contributed by atoms with Gasteiger partial charge in [-0.05, 0) is 54.4 Å². The molecule has 0 bridgehead atoms. The van der Waals surface area contributed by atoms with Gasteiger partial charge in [-0.25, -0.2) is 19.8 Å². The first kappa shape index (κ1) is 36.5. The first-order valence-electron chi connectivity index (χ1n) is 15.0. The molecule has 0 radical (unpaired) electrons. The van der Waals surface area contributed by atoms with E-state index in [0.29, 0.717) is 44.1 Å². The fourth-order valence-corrected chi connectivity index (χ4v) is 5.39. The third-order valence-electron chi connectivity index (χ3n) is 7.83. The summed E-state index contributed by atoms with van der Waals surface area (Å²) < 4.78 is 135. The molecule has 270 valence electrons. The van der Waals surface area contributed by atoms with E-state index in [-0.39, 0.29) is 42.4 Å². The molecule has 2 aliphatic heterocycles. The van der Waals surface area contributed by atoms with Crippen molar-refractivity contribution in [2.24, 2.45) is 4.99 Å². The largest absolute Gasteiger partial charge is 0.480 e. The third kappa shape index (κ3) is 8.48. The lowest BCUT2D eigenvalue weighted by atomic mass is 10.0. The van der Waals surface area contributed by atoms with Crippen molar-refractivity contribution in [2.45, 2.75) is 44.6 Å². The summed E-state index contributed by atoms with van der Waals surface area (Å²) in [4.78, 5) is 28.4. The van der Waals surface area contributed by atoms with Crippen LogP contribution >= 0.6 is 0 Å². The van der Waals surface area contributed by atoms with Crippen molar-refractivity contribution in [1.82, 2.24) is 9.97 Å². The molecule has 2 aromatic carbocycles. The minimum absolute atomic E-state index is 0.0247. The Kier molecular flexibility index (Phi) is 10.4. The molecule has 1 unspecified atom stereocenters. The number of aromatic nitrogens is 2. The van der Waals surface area contributed by atoms with E-state index < -0.39 is 65.9 Å². The van der Waals surface area contributed by atoms with Crippen LogP contribution in [0, 0.1) is 0 Å². The summed E-state index contributed by atoms with van der Waals surface area (Å²) in [7, 11) is 0. The maximum absolute atomic E-state index is 14.0. The summed E-state index contributed by atoms with van der Waals surface area (Å²) in [6.07, 6.45) is -12.4. The quantitative estimate of drug-likeness (QED) is 0.258. The van der Waals surface area contributed by atoms with Gasteiger partial charge in [-0.1, -0.05) is 0 Å². The number of aliphatic carboxylic acids is 1. The lowest BCUT2D eigenvalue weighted by Gasteiger charge is -2.30. The zero-order valence-electron chi connectivity index (χ0n) is 26.1. The summed E-state index contributed by atoms with van der Waals surface area (Å²) in [5.41, 5.74) is -4.25. The molecule has 19 heteroatoms. The zero-order valence-corrected chi connectivity index (χ0v) is 26.1. The number of carboxylic acid groups (broad SMARTS) is 1. The van der Waals surface area contributed by atoms with Gasteiger partial charge in [0.25, 0.3) is 6.02 Å². The molecular formula is C31H29F9N6O4. The van der Waals surface area contributed by atoms with E-state index in [1.165, 1.54) is 17.3 Å². The number of anilines is 3. The number of amidine groups is 1. The highest BCUT2D eigenvalue weighted by Crippen LogP contribution is 2.38. The van der Waals surface area contributed by atoms with Gasteiger partial charge < -0.3 is 24.4 Å². The zero-order chi connectivity index (χ0) is 36.4. The second-order valence-corrected chi connectivity index (χ2v) is 11.3. The average molecular weight is 721 g/mol. The van der Waals surface area contributed by atoms with E-state index in [1.807, 2.05) is 4.90 Å². The van der Waals surface area contributed by atoms with Crippen LogP contribution in [0.4, 0.5) is 56.8 Å². The molecule has 0 aliphatic carbocycles. The van der Waals surface area contributed by atoms with E-state index in [2.05, 4.69) is 15.0 Å². The molecule has 0 saturated carbocycles. The van der Waals surface area contributed by atoms with E-state index in [4.69, 9.17) is 9.47 Å². The standard InChI is InChI=1S/C31H29F9N6O4/c1-2-46(28-43-24(17-50-28)26(47)48)25-4-3-20(29(32,33)34)11-19(25)16-45(27-41-13-23(14-42-27)44-5-7-49-8-6-44)15-18-9-21(30(35,36)37)12-22(10-18)31(38,39)40/h3-4,9-14,24H,2,5-8,15-17H2,1H3,(H,47,48). The van der Waals surface area contributed by atoms with Crippen LogP contribution in [0.15, 0.2) is 53.8 Å². The Balaban J connectivity index is 1.62. The van der Waals surface area contributed by atoms with Crippen LogP contribution in [0.3, 0.4) is 0 Å². The number of hydrogen-bond acceptors (Lipinski definition) is 9. The van der Waals surface area contributed by atoms with Crippen LogP contribution in [0.5, 0.6) is 0 Å². The van der Waals surface area contributed by atoms with Crippen molar-refractivity contribution in [2.75, 3.05) is 54.2 Å². The number of benzene rings is 2. The van der Waals surface area contributed by atoms with Crippen molar-refractivity contribution in [3.63, 3.8) is 0 Å². The molecular weight excluding hydrogens is 691 g/mol. The molecule has 0 amide bonds. The van der Waals surface area contributed by atoms with Crippen LogP contribution in [0.25, 0.3) is 0 Å². The molecule has 1 fully saturated rings. The van der Waals surface area contributed by atoms with E-state index in [1.54, 1.807) is 6.92 Å². The first-order chi connectivity index (χ1) is 23.4. The van der Waals surface area contributed by atoms with Gasteiger partial charge in [0, 0.05) is 32.7 Å². The Morgan fingerprint density at radius 3 is 2.00 bits per heavy atom. The highest BCUT2D eigenvalue weighted by atomic mass is 19.4. The maximum Gasteiger partial charge on any atom is 0.416 e. The smallest absolute Gasteiger partial charge is 0.416 e. The van der Waals surface area contributed by atoms with E-state index >= 15 is 0 Å². The third-order valence-corrected chi connectivity index (χ3v) is 7.83. The normalized spacial score (nSPS) is 17.0. The Hall–Kier alpha value is -4.81. The summed E-state index contributed by atoms with van der Waals surface area (Å²) in [5, 5.41) is 9.36. The summed E-state index contributed by atoms with van der Waals surface area (Å²) in [5.74, 6) is -1.51. The van der Waals surface area contributed by atoms with Gasteiger partial charge >= 0.3 is 24.5 Å². The molecule has 3 heterocycles. The molecule has 3 aromatic rings. The number of carbonyl (C=O) groups is 1. The van der Waals surface area contributed by atoms with E-state index in [0.717, 1.165) is 23.1 Å². The molecule has 2 aliphatic rings. The Morgan fingerprint density at radius 1 is 0.880 bits per heavy atom. The van der Waals surface area contributed by atoms with Crippen molar-refractivity contribution in [3.05, 3.63) is 76.6 Å². The predicted molar refractivity (Wildman–Crippen MR) is 161 cm³/mol. The van der Waals surface area contributed by atoms with Gasteiger partial charge in [-0.15, -0.1) is 0 Å².